The minimum atomic E-state index is -1.01. The van der Waals surface area contributed by atoms with Crippen molar-refractivity contribution >= 4 is 17.7 Å². The van der Waals surface area contributed by atoms with Crippen molar-refractivity contribution in [1.82, 2.24) is 5.32 Å². The van der Waals surface area contributed by atoms with Crippen LogP contribution < -0.4 is 5.32 Å². The van der Waals surface area contributed by atoms with Crippen LogP contribution in [0.3, 0.4) is 0 Å². The summed E-state index contributed by atoms with van der Waals surface area (Å²) in [5.74, 6) is -0.291. The first-order valence-corrected chi connectivity index (χ1v) is 7.79. The van der Waals surface area contributed by atoms with Crippen molar-refractivity contribution in [2.75, 3.05) is 12.8 Å². The molecule has 0 saturated heterocycles. The molecule has 0 aliphatic carbocycles. The molecule has 0 radical (unpaired) electrons. The van der Waals surface area contributed by atoms with E-state index in [1.807, 2.05) is 11.8 Å². The number of furan rings is 1. The lowest BCUT2D eigenvalue weighted by atomic mass is 10.0. The Labute approximate surface area is 119 Å². The molecule has 1 rings (SSSR count). The second-order valence-electron chi connectivity index (χ2n) is 4.73. The quantitative estimate of drug-likeness (QED) is 0.767. The number of hydrogen-bond acceptors (Lipinski definition) is 4. The molecule has 0 aliphatic rings. The average molecular weight is 285 g/mol. The van der Waals surface area contributed by atoms with Crippen LogP contribution in [0.15, 0.2) is 10.5 Å². The van der Waals surface area contributed by atoms with Gasteiger partial charge in [0, 0.05) is 16.9 Å². The maximum atomic E-state index is 10.9. The molecule has 2 N–H and O–H groups in total. The lowest BCUT2D eigenvalue weighted by molar-refractivity contribution is 0.0659. The molecule has 0 bridgehead atoms. The van der Waals surface area contributed by atoms with Crippen molar-refractivity contribution in [3.05, 3.63) is 23.2 Å². The SMILES string of the molecule is CCC(CC)(CNCc1cc(C)c(C(=O)O)o1)SC. The summed E-state index contributed by atoms with van der Waals surface area (Å²) >= 11 is 1.88. The van der Waals surface area contributed by atoms with Crippen LogP contribution in [-0.4, -0.2) is 28.6 Å². The van der Waals surface area contributed by atoms with Crippen LogP contribution in [0.4, 0.5) is 0 Å². The monoisotopic (exact) mass is 285 g/mol. The zero-order valence-corrected chi connectivity index (χ0v) is 12.9. The van der Waals surface area contributed by atoms with E-state index in [-0.39, 0.29) is 10.5 Å². The maximum Gasteiger partial charge on any atom is 0.372 e. The molecule has 0 fully saturated rings. The highest BCUT2D eigenvalue weighted by molar-refractivity contribution is 8.00. The highest BCUT2D eigenvalue weighted by Crippen LogP contribution is 2.29. The number of carboxylic acids is 1. The Morgan fingerprint density at radius 2 is 2.11 bits per heavy atom. The average Bonchev–Trinajstić information content (AvgIpc) is 2.77. The van der Waals surface area contributed by atoms with Gasteiger partial charge in [-0.3, -0.25) is 0 Å². The van der Waals surface area contributed by atoms with Gasteiger partial charge in [-0.1, -0.05) is 13.8 Å². The molecular weight excluding hydrogens is 262 g/mol. The van der Waals surface area contributed by atoms with Gasteiger partial charge in [0.25, 0.3) is 0 Å². The van der Waals surface area contributed by atoms with Gasteiger partial charge in [-0.05, 0) is 32.1 Å². The second kappa shape index (κ2) is 7.01. The summed E-state index contributed by atoms with van der Waals surface area (Å²) in [5, 5.41) is 12.3. The van der Waals surface area contributed by atoms with Gasteiger partial charge in [0.05, 0.1) is 6.54 Å². The van der Waals surface area contributed by atoms with Crippen LogP contribution in [0.5, 0.6) is 0 Å². The number of aromatic carboxylic acids is 1. The first kappa shape index (κ1) is 16.1. The zero-order chi connectivity index (χ0) is 14.5. The lowest BCUT2D eigenvalue weighted by Crippen LogP contribution is -2.36. The van der Waals surface area contributed by atoms with Crippen LogP contribution in [-0.2, 0) is 6.54 Å². The van der Waals surface area contributed by atoms with E-state index in [0.29, 0.717) is 17.9 Å². The van der Waals surface area contributed by atoms with Crippen LogP contribution in [0.2, 0.25) is 0 Å². The molecular formula is C14H23NO3S. The van der Waals surface area contributed by atoms with Gasteiger partial charge in [0.15, 0.2) is 0 Å². The van der Waals surface area contributed by atoms with Crippen molar-refractivity contribution in [2.24, 2.45) is 0 Å². The lowest BCUT2D eigenvalue weighted by Gasteiger charge is -2.29. The number of thioether (sulfide) groups is 1. The van der Waals surface area contributed by atoms with E-state index in [4.69, 9.17) is 9.52 Å². The molecule has 0 saturated carbocycles. The topological polar surface area (TPSA) is 62.5 Å². The van der Waals surface area contributed by atoms with E-state index in [2.05, 4.69) is 25.4 Å². The zero-order valence-electron chi connectivity index (χ0n) is 12.1. The van der Waals surface area contributed by atoms with Crippen LogP contribution in [0.1, 0.15) is 48.6 Å². The third-order valence-electron chi connectivity index (χ3n) is 3.63. The number of hydrogen-bond donors (Lipinski definition) is 2. The summed E-state index contributed by atoms with van der Waals surface area (Å²) in [4.78, 5) is 10.9. The Morgan fingerprint density at radius 3 is 2.53 bits per heavy atom. The van der Waals surface area contributed by atoms with E-state index < -0.39 is 5.97 Å². The Morgan fingerprint density at radius 1 is 1.47 bits per heavy atom. The first-order chi connectivity index (χ1) is 8.98. The van der Waals surface area contributed by atoms with Crippen molar-refractivity contribution in [1.29, 1.82) is 0 Å². The van der Waals surface area contributed by atoms with Gasteiger partial charge in [-0.25, -0.2) is 4.79 Å². The van der Waals surface area contributed by atoms with E-state index in [9.17, 15) is 4.79 Å². The van der Waals surface area contributed by atoms with Crippen molar-refractivity contribution < 1.29 is 14.3 Å². The summed E-state index contributed by atoms with van der Waals surface area (Å²) in [6, 6.07) is 1.79. The standard InChI is InChI=1S/C14H23NO3S/c1-5-14(6-2,19-4)9-15-8-11-7-10(3)12(18-11)13(16)17/h7,15H,5-6,8-9H2,1-4H3,(H,16,17). The third-order valence-corrected chi connectivity index (χ3v) is 5.22. The predicted octanol–water partition coefficient (Wildman–Crippen LogP) is 3.30. The normalized spacial score (nSPS) is 11.8. The predicted molar refractivity (Wildman–Crippen MR) is 78.9 cm³/mol. The van der Waals surface area contributed by atoms with Gasteiger partial charge < -0.3 is 14.8 Å². The highest BCUT2D eigenvalue weighted by atomic mass is 32.2. The fourth-order valence-electron chi connectivity index (χ4n) is 2.12. The molecule has 1 aromatic rings. The first-order valence-electron chi connectivity index (χ1n) is 6.56. The summed E-state index contributed by atoms with van der Waals surface area (Å²) in [6.45, 7) is 7.60. The summed E-state index contributed by atoms with van der Waals surface area (Å²) in [6.07, 6.45) is 4.35. The Balaban J connectivity index is 2.58. The van der Waals surface area contributed by atoms with Gasteiger partial charge in [0.1, 0.15) is 5.76 Å². The van der Waals surface area contributed by atoms with Gasteiger partial charge in [0.2, 0.25) is 5.76 Å². The van der Waals surface area contributed by atoms with E-state index in [1.165, 1.54) is 0 Å². The number of carboxylic acid groups (broad SMARTS) is 1. The molecule has 19 heavy (non-hydrogen) atoms. The van der Waals surface area contributed by atoms with Crippen molar-refractivity contribution in [3.63, 3.8) is 0 Å². The molecule has 0 unspecified atom stereocenters. The summed E-state index contributed by atoms with van der Waals surface area (Å²) < 4.78 is 5.57. The highest BCUT2D eigenvalue weighted by Gasteiger charge is 2.24. The molecule has 1 heterocycles. The van der Waals surface area contributed by atoms with Crippen LogP contribution in [0.25, 0.3) is 0 Å². The second-order valence-corrected chi connectivity index (χ2v) is 6.00. The Hall–Kier alpha value is -0.940. The van der Waals surface area contributed by atoms with E-state index in [1.54, 1.807) is 13.0 Å². The molecule has 0 aliphatic heterocycles. The molecule has 1 aromatic heterocycles. The van der Waals surface area contributed by atoms with Crippen molar-refractivity contribution in [3.8, 4) is 0 Å². The smallest absolute Gasteiger partial charge is 0.372 e. The number of rotatable bonds is 8. The van der Waals surface area contributed by atoms with E-state index in [0.717, 1.165) is 19.4 Å². The van der Waals surface area contributed by atoms with Crippen LogP contribution >= 0.6 is 11.8 Å². The Bertz CT molecular complexity index is 416. The fourth-order valence-corrected chi connectivity index (χ4v) is 2.95. The molecule has 0 aromatic carbocycles. The summed E-state index contributed by atoms with van der Waals surface area (Å²) in [7, 11) is 0. The van der Waals surface area contributed by atoms with E-state index >= 15 is 0 Å². The molecule has 4 nitrogen and oxygen atoms in total. The molecule has 108 valence electrons. The number of aryl methyl sites for hydroxylation is 1. The fraction of sp³-hybridized carbons (Fsp3) is 0.643. The van der Waals surface area contributed by atoms with Gasteiger partial charge >= 0.3 is 5.97 Å². The van der Waals surface area contributed by atoms with Gasteiger partial charge in [-0.15, -0.1) is 0 Å². The summed E-state index contributed by atoms with van der Waals surface area (Å²) in [5.41, 5.74) is 0.673. The minimum Gasteiger partial charge on any atom is -0.475 e. The van der Waals surface area contributed by atoms with Crippen LogP contribution in [0, 0.1) is 6.92 Å². The molecule has 0 amide bonds. The minimum absolute atomic E-state index is 0.0407. The molecule has 5 heteroatoms. The number of carbonyl (C=O) groups is 1. The maximum absolute atomic E-state index is 10.9. The molecule has 0 atom stereocenters. The largest absolute Gasteiger partial charge is 0.475 e. The molecule has 0 spiro atoms. The van der Waals surface area contributed by atoms with Crippen molar-refractivity contribution in [2.45, 2.75) is 44.9 Å². The third kappa shape index (κ3) is 4.01. The number of nitrogens with one attached hydrogen (secondary N) is 1. The van der Waals surface area contributed by atoms with Gasteiger partial charge in [-0.2, -0.15) is 11.8 Å². The Kier molecular flexibility index (Phi) is 5.94.